The monoisotopic (exact) mass is 824 g/mol. The first-order valence-electron chi connectivity index (χ1n) is 20.0. The Morgan fingerprint density at radius 2 is 1.42 bits per heavy atom. The van der Waals surface area contributed by atoms with Crippen LogP contribution in [0.3, 0.4) is 0 Å². The average Bonchev–Trinajstić information content (AvgIpc) is 3.18. The number of carbonyl (C=O) groups is 7. The third-order valence-corrected chi connectivity index (χ3v) is 10.4. The van der Waals surface area contributed by atoms with Gasteiger partial charge in [-0.05, 0) is 61.6 Å². The predicted molar refractivity (Wildman–Crippen MR) is 218 cm³/mol. The summed E-state index contributed by atoms with van der Waals surface area (Å²) in [5.41, 5.74) is 0.722. The van der Waals surface area contributed by atoms with Gasteiger partial charge in [0.25, 0.3) is 0 Å². The van der Waals surface area contributed by atoms with E-state index in [0.717, 1.165) is 35.5 Å². The molecule has 0 fully saturated rings. The van der Waals surface area contributed by atoms with Crippen LogP contribution in [0.4, 0.5) is 0 Å². The van der Waals surface area contributed by atoms with E-state index < -0.39 is 78.9 Å². The molecule has 0 spiro atoms. The third-order valence-electron chi connectivity index (χ3n) is 10.4. The van der Waals surface area contributed by atoms with Gasteiger partial charge in [-0.2, -0.15) is 0 Å². The van der Waals surface area contributed by atoms with Gasteiger partial charge in [-0.1, -0.05) is 64.5 Å². The normalized spacial score (nSPS) is 17.7. The van der Waals surface area contributed by atoms with E-state index >= 15 is 0 Å². The van der Waals surface area contributed by atoms with Crippen molar-refractivity contribution in [3.8, 4) is 22.6 Å². The van der Waals surface area contributed by atoms with Crippen molar-refractivity contribution in [1.29, 1.82) is 0 Å². The van der Waals surface area contributed by atoms with Crippen molar-refractivity contribution < 1.29 is 54.0 Å². The van der Waals surface area contributed by atoms with Crippen LogP contribution >= 0.6 is 0 Å². The molecule has 0 unspecified atom stereocenters. The summed E-state index contributed by atoms with van der Waals surface area (Å²) in [5.74, 6) is -5.58. The molecule has 5 atom stereocenters. The summed E-state index contributed by atoms with van der Waals surface area (Å²) in [6.07, 6.45) is 7.16. The molecule has 2 aromatic rings. The summed E-state index contributed by atoms with van der Waals surface area (Å²) < 4.78 is 0. The van der Waals surface area contributed by atoms with E-state index in [0.29, 0.717) is 17.9 Å². The van der Waals surface area contributed by atoms with Crippen molar-refractivity contribution in [3.05, 3.63) is 47.5 Å². The highest BCUT2D eigenvalue weighted by molar-refractivity contribution is 5.96. The number of carboxylic acid groups (broad SMARTS) is 1. The minimum Gasteiger partial charge on any atom is -0.507 e. The maximum atomic E-state index is 13.8. The highest BCUT2D eigenvalue weighted by Crippen LogP contribution is 2.38. The van der Waals surface area contributed by atoms with Gasteiger partial charge in [-0.25, -0.2) is 4.79 Å². The van der Waals surface area contributed by atoms with Crippen LogP contribution in [0.15, 0.2) is 36.4 Å². The molecule has 8 N–H and O–H groups in total. The van der Waals surface area contributed by atoms with Gasteiger partial charge in [0, 0.05) is 38.1 Å². The summed E-state index contributed by atoms with van der Waals surface area (Å²) >= 11 is 0. The van der Waals surface area contributed by atoms with E-state index in [1.54, 1.807) is 0 Å². The molecule has 2 aromatic carbocycles. The molecule has 0 saturated heterocycles. The van der Waals surface area contributed by atoms with E-state index in [1.807, 2.05) is 0 Å². The molecule has 17 nitrogen and oxygen atoms in total. The van der Waals surface area contributed by atoms with Gasteiger partial charge in [-0.3, -0.25) is 28.8 Å². The Kier molecular flexibility index (Phi) is 18.1. The summed E-state index contributed by atoms with van der Waals surface area (Å²) in [7, 11) is 2.68. The molecular formula is C42H60N6O11. The molecule has 1 aliphatic heterocycles. The summed E-state index contributed by atoms with van der Waals surface area (Å²) in [6, 6.07) is 1.62. The topological polar surface area (TPSA) is 255 Å². The van der Waals surface area contributed by atoms with Crippen LogP contribution < -0.4 is 21.3 Å². The molecule has 324 valence electrons. The predicted octanol–water partition coefficient (Wildman–Crippen LogP) is 2.11. The van der Waals surface area contributed by atoms with E-state index in [-0.39, 0.29) is 46.9 Å². The maximum Gasteiger partial charge on any atom is 0.326 e. The van der Waals surface area contributed by atoms with Gasteiger partial charge in [0.15, 0.2) is 0 Å². The number of unbranched alkanes of at least 4 members (excludes halogenated alkanes) is 5. The van der Waals surface area contributed by atoms with E-state index in [1.165, 1.54) is 77.2 Å². The first-order chi connectivity index (χ1) is 27.9. The van der Waals surface area contributed by atoms with Gasteiger partial charge in [0.1, 0.15) is 41.7 Å². The Balaban J connectivity index is 1.70. The largest absolute Gasteiger partial charge is 0.507 e. The molecule has 0 radical (unpaired) electrons. The van der Waals surface area contributed by atoms with Crippen LogP contribution in [0.5, 0.6) is 11.5 Å². The molecule has 1 heterocycles. The maximum absolute atomic E-state index is 13.8. The number of aliphatic carboxylic acids is 1. The number of amides is 6. The Hall–Kier alpha value is -5.71. The first kappa shape index (κ1) is 47.7. The zero-order valence-corrected chi connectivity index (χ0v) is 34.7. The van der Waals surface area contributed by atoms with Gasteiger partial charge in [0.2, 0.25) is 35.4 Å². The Bertz CT molecular complexity index is 1840. The lowest BCUT2D eigenvalue weighted by Gasteiger charge is -2.30. The standard InChI is InChI=1S/C42H60N6O11/c1-24(2)13-11-9-7-8-10-12-14-35(52)47(5)32(23-49)40(56)44-25(3)38(54)43-22-36(53)48(6)37-28-16-18-34(51)30(21-28)29-19-27(15-17-33(29)50)20-31(42(58)59)46-39(55)26(4)45-41(37)57/h15-19,21,24-26,31-32,37,49-51H,7-14,20,22-23H2,1-6H3,(H,43,54)(H,44,56)(H,45,57)(H,46,55)(H,58,59)/t25-,26+,31+,32-,37+/m0/s1. The lowest BCUT2D eigenvalue weighted by Crippen LogP contribution is -2.55. The fraction of sp³-hybridized carbons (Fsp3) is 0.548. The average molecular weight is 825 g/mol. The Labute approximate surface area is 344 Å². The van der Waals surface area contributed by atoms with Crippen LogP contribution in [0, 0.1) is 5.92 Å². The lowest BCUT2D eigenvalue weighted by atomic mass is 9.94. The van der Waals surface area contributed by atoms with E-state index in [9.17, 15) is 54.0 Å². The number of nitrogens with one attached hydrogen (secondary N) is 4. The number of carboxylic acids is 1. The number of aliphatic hydroxyl groups excluding tert-OH is 1. The molecule has 4 bridgehead atoms. The Morgan fingerprint density at radius 3 is 2.05 bits per heavy atom. The van der Waals surface area contributed by atoms with Crippen molar-refractivity contribution in [2.24, 2.45) is 5.92 Å². The highest BCUT2D eigenvalue weighted by Gasteiger charge is 2.34. The lowest BCUT2D eigenvalue weighted by molar-refractivity contribution is -0.143. The molecule has 17 heteroatoms. The summed E-state index contributed by atoms with van der Waals surface area (Å²) in [6.45, 7) is 5.75. The highest BCUT2D eigenvalue weighted by atomic mass is 16.4. The van der Waals surface area contributed by atoms with E-state index in [2.05, 4.69) is 35.1 Å². The number of aromatic hydroxyl groups is 2. The summed E-state index contributed by atoms with van der Waals surface area (Å²) in [5, 5.41) is 51.1. The van der Waals surface area contributed by atoms with Gasteiger partial charge >= 0.3 is 5.97 Å². The van der Waals surface area contributed by atoms with E-state index in [4.69, 9.17) is 0 Å². The van der Waals surface area contributed by atoms with Crippen molar-refractivity contribution in [2.45, 2.75) is 116 Å². The first-order valence-corrected chi connectivity index (χ1v) is 20.0. The van der Waals surface area contributed by atoms with Crippen LogP contribution in [0.25, 0.3) is 11.1 Å². The number of nitrogens with zero attached hydrogens (tertiary/aromatic N) is 2. The summed E-state index contributed by atoms with van der Waals surface area (Å²) in [4.78, 5) is 93.7. The molecule has 0 aliphatic carbocycles. The van der Waals surface area contributed by atoms with Crippen molar-refractivity contribution in [2.75, 3.05) is 27.2 Å². The fourth-order valence-corrected chi connectivity index (χ4v) is 6.73. The second-order valence-electron chi connectivity index (χ2n) is 15.6. The Morgan fingerprint density at radius 1 is 0.814 bits per heavy atom. The second-order valence-corrected chi connectivity index (χ2v) is 15.6. The minimum atomic E-state index is -1.47. The molecule has 3 rings (SSSR count). The number of carbonyl (C=O) groups excluding carboxylic acids is 6. The molecular weight excluding hydrogens is 764 g/mol. The van der Waals surface area contributed by atoms with Crippen molar-refractivity contribution in [3.63, 3.8) is 0 Å². The fourth-order valence-electron chi connectivity index (χ4n) is 6.73. The quantitative estimate of drug-likeness (QED) is 0.101. The number of aliphatic hydroxyl groups is 1. The van der Waals surface area contributed by atoms with Crippen molar-refractivity contribution in [1.82, 2.24) is 31.1 Å². The van der Waals surface area contributed by atoms with Crippen molar-refractivity contribution >= 4 is 41.4 Å². The molecule has 1 aliphatic rings. The van der Waals surface area contributed by atoms with Gasteiger partial charge in [-0.15, -0.1) is 0 Å². The minimum absolute atomic E-state index is 0.0656. The number of likely N-dealkylation sites (N-methyl/N-ethyl adjacent to an activating group) is 2. The zero-order chi connectivity index (χ0) is 44.0. The SMILES string of the molecule is CC(C)CCCCCCCCC(=O)N(C)[C@@H](CO)C(=O)N[C@@H](C)C(=O)NCC(=O)N(C)[C@H]1C(=O)N[C@H](C)C(=O)N[C@@H](C(=O)O)Cc2ccc(O)c(c2)-c2cc1ccc2O. The van der Waals surface area contributed by atoms with Crippen LogP contribution in [0.1, 0.15) is 96.2 Å². The number of fused-ring (bicyclic) bond motifs is 5. The number of rotatable bonds is 18. The zero-order valence-electron chi connectivity index (χ0n) is 34.7. The third kappa shape index (κ3) is 13.7. The molecule has 59 heavy (non-hydrogen) atoms. The van der Waals surface area contributed by atoms with Gasteiger partial charge < -0.3 is 51.5 Å². The number of phenols is 2. The van der Waals surface area contributed by atoms with Gasteiger partial charge in [0.05, 0.1) is 13.2 Å². The number of phenolic OH excluding ortho intramolecular Hbond substituents is 2. The number of hydrogen-bond donors (Lipinski definition) is 8. The second kappa shape index (κ2) is 22.4. The van der Waals surface area contributed by atoms with Crippen LogP contribution in [-0.4, -0.2) is 123 Å². The molecule has 6 amide bonds. The molecule has 0 aromatic heterocycles. The molecule has 0 saturated carbocycles. The number of hydrogen-bond acceptors (Lipinski definition) is 10. The number of benzene rings is 2. The van der Waals surface area contributed by atoms with Crippen LogP contribution in [-0.2, 0) is 40.0 Å². The van der Waals surface area contributed by atoms with Crippen LogP contribution in [0.2, 0.25) is 0 Å². The smallest absolute Gasteiger partial charge is 0.326 e.